The molecule has 0 aliphatic heterocycles. The van der Waals surface area contributed by atoms with Crippen molar-refractivity contribution in [2.24, 2.45) is 0 Å². The van der Waals surface area contributed by atoms with E-state index in [9.17, 15) is 4.79 Å². The van der Waals surface area contributed by atoms with E-state index < -0.39 is 0 Å². The normalized spacial score (nSPS) is 10.8. The van der Waals surface area contributed by atoms with E-state index in [-0.39, 0.29) is 5.91 Å². The Morgan fingerprint density at radius 3 is 2.71 bits per heavy atom. The van der Waals surface area contributed by atoms with Gasteiger partial charge in [0.1, 0.15) is 12.7 Å². The van der Waals surface area contributed by atoms with Crippen LogP contribution in [0.5, 0.6) is 0 Å². The largest absolute Gasteiger partial charge is 0.334 e. The standard InChI is InChI=1S/C17H20N6O/c1-3-21(10-14-9-19-22(4-2)11-14)17(24)15-7-5-6-8-16(15)23-13-18-12-20-23/h5-9,11-13H,3-4,10H2,1-2H3. The molecule has 0 atom stereocenters. The molecule has 124 valence electrons. The minimum Gasteiger partial charge on any atom is -0.334 e. The number of amides is 1. The molecule has 0 aliphatic rings. The molecule has 1 amide bonds. The van der Waals surface area contributed by atoms with Gasteiger partial charge in [0.15, 0.2) is 0 Å². The fourth-order valence-electron chi connectivity index (χ4n) is 2.57. The fourth-order valence-corrected chi connectivity index (χ4v) is 2.57. The monoisotopic (exact) mass is 324 g/mol. The van der Waals surface area contributed by atoms with Crippen LogP contribution in [-0.4, -0.2) is 41.9 Å². The highest BCUT2D eigenvalue weighted by molar-refractivity contribution is 5.97. The van der Waals surface area contributed by atoms with Crippen LogP contribution in [0.3, 0.4) is 0 Å². The summed E-state index contributed by atoms with van der Waals surface area (Å²) < 4.78 is 3.47. The van der Waals surface area contributed by atoms with Gasteiger partial charge in [-0.05, 0) is 26.0 Å². The number of aromatic nitrogens is 5. The van der Waals surface area contributed by atoms with Gasteiger partial charge in [-0.15, -0.1) is 0 Å². The summed E-state index contributed by atoms with van der Waals surface area (Å²) in [6, 6.07) is 7.42. The molecule has 0 saturated carbocycles. The maximum atomic E-state index is 13.0. The molecule has 7 nitrogen and oxygen atoms in total. The molecule has 0 fully saturated rings. The molecule has 0 bridgehead atoms. The number of aryl methyl sites for hydroxylation is 1. The molecule has 0 saturated heterocycles. The molecule has 7 heteroatoms. The van der Waals surface area contributed by atoms with E-state index in [2.05, 4.69) is 15.2 Å². The Bertz CT molecular complexity index is 808. The zero-order chi connectivity index (χ0) is 16.9. The average Bonchev–Trinajstić information content (AvgIpc) is 3.30. The van der Waals surface area contributed by atoms with Gasteiger partial charge >= 0.3 is 0 Å². The van der Waals surface area contributed by atoms with Gasteiger partial charge in [0.05, 0.1) is 17.4 Å². The van der Waals surface area contributed by atoms with E-state index in [4.69, 9.17) is 0 Å². The molecular weight excluding hydrogens is 304 g/mol. The van der Waals surface area contributed by atoms with E-state index >= 15 is 0 Å². The van der Waals surface area contributed by atoms with Gasteiger partial charge in [-0.3, -0.25) is 9.48 Å². The molecule has 0 aliphatic carbocycles. The smallest absolute Gasteiger partial charge is 0.256 e. The van der Waals surface area contributed by atoms with Gasteiger partial charge in [0.2, 0.25) is 0 Å². The van der Waals surface area contributed by atoms with Crippen molar-refractivity contribution < 1.29 is 4.79 Å². The highest BCUT2D eigenvalue weighted by Crippen LogP contribution is 2.17. The molecule has 1 aromatic carbocycles. The minimum atomic E-state index is -0.0344. The van der Waals surface area contributed by atoms with Crippen molar-refractivity contribution in [2.45, 2.75) is 26.9 Å². The number of hydrogen-bond donors (Lipinski definition) is 0. The van der Waals surface area contributed by atoms with E-state index in [0.29, 0.717) is 18.7 Å². The van der Waals surface area contributed by atoms with Crippen LogP contribution in [0.4, 0.5) is 0 Å². The van der Waals surface area contributed by atoms with Crippen LogP contribution in [-0.2, 0) is 13.1 Å². The first kappa shape index (κ1) is 15.9. The van der Waals surface area contributed by atoms with Crippen LogP contribution < -0.4 is 0 Å². The van der Waals surface area contributed by atoms with Gasteiger partial charge in [-0.2, -0.15) is 10.2 Å². The van der Waals surface area contributed by atoms with Gasteiger partial charge in [0.25, 0.3) is 5.91 Å². The molecule has 24 heavy (non-hydrogen) atoms. The van der Waals surface area contributed by atoms with Crippen molar-refractivity contribution in [3.05, 3.63) is 60.4 Å². The molecule has 2 heterocycles. The van der Waals surface area contributed by atoms with Crippen molar-refractivity contribution >= 4 is 5.91 Å². The number of carbonyl (C=O) groups is 1. The minimum absolute atomic E-state index is 0.0344. The van der Waals surface area contributed by atoms with E-state index in [1.807, 2.05) is 55.2 Å². The molecule has 0 spiro atoms. The number of rotatable bonds is 6. The van der Waals surface area contributed by atoms with Crippen molar-refractivity contribution in [1.29, 1.82) is 0 Å². The predicted octanol–water partition coefficient (Wildman–Crippen LogP) is 2.15. The Morgan fingerprint density at radius 2 is 2.04 bits per heavy atom. The van der Waals surface area contributed by atoms with Crippen LogP contribution in [0.25, 0.3) is 5.69 Å². The molecule has 0 N–H and O–H groups in total. The van der Waals surface area contributed by atoms with Crippen LogP contribution in [0, 0.1) is 0 Å². The topological polar surface area (TPSA) is 68.8 Å². The number of para-hydroxylation sites is 1. The van der Waals surface area contributed by atoms with Crippen molar-refractivity contribution in [3.63, 3.8) is 0 Å². The third-order valence-corrected chi connectivity index (χ3v) is 3.85. The first-order valence-corrected chi connectivity index (χ1v) is 7.97. The Morgan fingerprint density at radius 1 is 1.21 bits per heavy atom. The summed E-state index contributed by atoms with van der Waals surface area (Å²) in [6.07, 6.45) is 6.83. The molecule has 3 aromatic rings. The number of benzene rings is 1. The molecule has 3 rings (SSSR count). The summed E-state index contributed by atoms with van der Waals surface area (Å²) in [5.74, 6) is -0.0344. The maximum absolute atomic E-state index is 13.0. The zero-order valence-electron chi connectivity index (χ0n) is 13.8. The fraction of sp³-hybridized carbons (Fsp3) is 0.294. The van der Waals surface area contributed by atoms with Crippen molar-refractivity contribution in [2.75, 3.05) is 6.54 Å². The van der Waals surface area contributed by atoms with Gasteiger partial charge in [-0.1, -0.05) is 12.1 Å². The molecular formula is C17H20N6O. The van der Waals surface area contributed by atoms with Crippen molar-refractivity contribution in [3.8, 4) is 5.69 Å². The van der Waals surface area contributed by atoms with E-state index in [1.54, 1.807) is 15.9 Å². The Kier molecular flexibility index (Phi) is 4.69. The van der Waals surface area contributed by atoms with Crippen LogP contribution in [0.1, 0.15) is 29.8 Å². The second kappa shape index (κ2) is 7.08. The summed E-state index contributed by atoms with van der Waals surface area (Å²) in [5, 5.41) is 8.40. The summed E-state index contributed by atoms with van der Waals surface area (Å²) in [6.45, 7) is 5.96. The van der Waals surface area contributed by atoms with Crippen molar-refractivity contribution in [1.82, 2.24) is 29.4 Å². The van der Waals surface area contributed by atoms with E-state index in [1.165, 1.54) is 6.33 Å². The van der Waals surface area contributed by atoms with E-state index in [0.717, 1.165) is 17.8 Å². The van der Waals surface area contributed by atoms with Gasteiger partial charge < -0.3 is 4.90 Å². The lowest BCUT2D eigenvalue weighted by atomic mass is 10.1. The van der Waals surface area contributed by atoms with Crippen LogP contribution >= 0.6 is 0 Å². The quantitative estimate of drug-likeness (QED) is 0.697. The van der Waals surface area contributed by atoms with Crippen LogP contribution in [0.15, 0.2) is 49.3 Å². The summed E-state index contributed by atoms with van der Waals surface area (Å²) in [4.78, 5) is 18.8. The SMILES string of the molecule is CCN(Cc1cnn(CC)c1)C(=O)c1ccccc1-n1cncn1. The highest BCUT2D eigenvalue weighted by Gasteiger charge is 2.19. The average molecular weight is 324 g/mol. The predicted molar refractivity (Wildman–Crippen MR) is 89.7 cm³/mol. The Hall–Kier alpha value is -2.96. The molecule has 2 aromatic heterocycles. The van der Waals surface area contributed by atoms with Gasteiger partial charge in [-0.25, -0.2) is 9.67 Å². The molecule has 0 radical (unpaired) electrons. The lowest BCUT2D eigenvalue weighted by molar-refractivity contribution is 0.0752. The third-order valence-electron chi connectivity index (χ3n) is 3.85. The maximum Gasteiger partial charge on any atom is 0.256 e. The van der Waals surface area contributed by atoms with Crippen LogP contribution in [0.2, 0.25) is 0 Å². The third kappa shape index (κ3) is 3.19. The lowest BCUT2D eigenvalue weighted by Gasteiger charge is -2.21. The first-order valence-electron chi connectivity index (χ1n) is 7.97. The molecule has 0 unspecified atom stereocenters. The number of hydrogen-bond acceptors (Lipinski definition) is 4. The number of carbonyl (C=O) groups excluding carboxylic acids is 1. The second-order valence-corrected chi connectivity index (χ2v) is 5.38. The van der Waals surface area contributed by atoms with Gasteiger partial charge in [0, 0.05) is 31.4 Å². The lowest BCUT2D eigenvalue weighted by Crippen LogP contribution is -2.31. The summed E-state index contributed by atoms with van der Waals surface area (Å²) in [7, 11) is 0. The Balaban J connectivity index is 1.87. The Labute approximate surface area is 140 Å². The number of nitrogens with zero attached hydrogens (tertiary/aromatic N) is 6. The summed E-state index contributed by atoms with van der Waals surface area (Å²) >= 11 is 0. The zero-order valence-corrected chi connectivity index (χ0v) is 13.8. The second-order valence-electron chi connectivity index (χ2n) is 5.38. The summed E-state index contributed by atoms with van der Waals surface area (Å²) in [5.41, 5.74) is 2.35. The first-order chi connectivity index (χ1) is 11.7. The highest BCUT2D eigenvalue weighted by atomic mass is 16.2.